The predicted molar refractivity (Wildman–Crippen MR) is 86.7 cm³/mol. The van der Waals surface area contributed by atoms with Crippen molar-refractivity contribution >= 4 is 18.5 Å². The Balaban J connectivity index is 2.40. The minimum atomic E-state index is -0.716. The van der Waals surface area contributed by atoms with E-state index < -0.39 is 30.0 Å². The van der Waals surface area contributed by atoms with Crippen LogP contribution in [0.1, 0.15) is 45.0 Å². The van der Waals surface area contributed by atoms with Gasteiger partial charge < -0.3 is 19.4 Å². The van der Waals surface area contributed by atoms with Crippen LogP contribution in [0.15, 0.2) is 12.1 Å². The maximum atomic E-state index is 14.5. The molecular weight excluding hydrogens is 300 g/mol. The standard InChI is InChI=1S/C16H23BFNO4/c1-7-19-14(20)13-11(18)8-10(9-12(13)21-6)17-22-15(2,3)16(4,5)23-17/h8-9H,7H2,1-6H3,(H,19,20). The fraction of sp³-hybridized carbons (Fsp3) is 0.562. The fourth-order valence-electron chi connectivity index (χ4n) is 2.35. The Morgan fingerprint density at radius 2 is 1.83 bits per heavy atom. The van der Waals surface area contributed by atoms with Gasteiger partial charge in [-0.3, -0.25) is 4.79 Å². The highest BCUT2D eigenvalue weighted by Crippen LogP contribution is 2.37. The number of hydrogen-bond donors (Lipinski definition) is 1. The molecule has 23 heavy (non-hydrogen) atoms. The van der Waals surface area contributed by atoms with Gasteiger partial charge in [-0.25, -0.2) is 4.39 Å². The van der Waals surface area contributed by atoms with Crippen molar-refractivity contribution in [2.45, 2.75) is 45.8 Å². The molecule has 1 amide bonds. The molecule has 2 rings (SSSR count). The number of amides is 1. The number of rotatable bonds is 4. The SMILES string of the molecule is CCNC(=O)c1c(F)cc(B2OC(C)(C)C(C)(C)O2)cc1OC. The number of benzene rings is 1. The lowest BCUT2D eigenvalue weighted by atomic mass is 9.78. The summed E-state index contributed by atoms with van der Waals surface area (Å²) in [6.45, 7) is 9.85. The van der Waals surface area contributed by atoms with Crippen LogP contribution >= 0.6 is 0 Å². The topological polar surface area (TPSA) is 56.8 Å². The molecule has 0 aliphatic carbocycles. The molecular formula is C16H23BFNO4. The molecule has 0 bridgehead atoms. The number of carbonyl (C=O) groups is 1. The quantitative estimate of drug-likeness (QED) is 0.860. The van der Waals surface area contributed by atoms with Crippen molar-refractivity contribution in [3.05, 3.63) is 23.5 Å². The van der Waals surface area contributed by atoms with Gasteiger partial charge >= 0.3 is 7.12 Å². The second kappa shape index (κ2) is 6.13. The molecule has 0 radical (unpaired) electrons. The van der Waals surface area contributed by atoms with E-state index in [1.54, 1.807) is 13.0 Å². The van der Waals surface area contributed by atoms with Gasteiger partial charge in [0.05, 0.1) is 18.3 Å². The van der Waals surface area contributed by atoms with E-state index in [2.05, 4.69) is 5.32 Å². The summed E-state index contributed by atoms with van der Waals surface area (Å²) in [7, 11) is 0.678. The van der Waals surface area contributed by atoms with Crippen LogP contribution in [0.3, 0.4) is 0 Å². The van der Waals surface area contributed by atoms with Crippen LogP contribution in [-0.4, -0.2) is 37.9 Å². The highest BCUT2D eigenvalue weighted by atomic mass is 19.1. The van der Waals surface area contributed by atoms with Gasteiger partial charge in [0.25, 0.3) is 5.91 Å². The number of methoxy groups -OCH3 is 1. The molecule has 5 nitrogen and oxygen atoms in total. The summed E-state index contributed by atoms with van der Waals surface area (Å²) in [5.74, 6) is -1.03. The number of halogens is 1. The third-order valence-electron chi connectivity index (χ3n) is 4.39. The van der Waals surface area contributed by atoms with Crippen LogP contribution in [0.2, 0.25) is 0 Å². The van der Waals surface area contributed by atoms with Gasteiger partial charge in [-0.05, 0) is 52.2 Å². The predicted octanol–water partition coefficient (Wildman–Crippen LogP) is 1.88. The zero-order chi connectivity index (χ0) is 17.4. The smallest absolute Gasteiger partial charge is 0.495 e. The first kappa shape index (κ1) is 17.8. The highest BCUT2D eigenvalue weighted by Gasteiger charge is 2.52. The zero-order valence-electron chi connectivity index (χ0n) is 14.5. The molecule has 7 heteroatoms. The maximum absolute atomic E-state index is 14.5. The van der Waals surface area contributed by atoms with Gasteiger partial charge in [0, 0.05) is 6.54 Å². The molecule has 0 saturated carbocycles. The van der Waals surface area contributed by atoms with Gasteiger partial charge in [0.15, 0.2) is 0 Å². The Morgan fingerprint density at radius 1 is 1.26 bits per heavy atom. The Hall–Kier alpha value is -1.60. The van der Waals surface area contributed by atoms with Crippen LogP contribution in [0.5, 0.6) is 5.75 Å². The first-order chi connectivity index (χ1) is 10.6. The Labute approximate surface area is 136 Å². The van der Waals surface area contributed by atoms with E-state index in [1.807, 2.05) is 27.7 Å². The van der Waals surface area contributed by atoms with Crippen LogP contribution in [0.25, 0.3) is 0 Å². The summed E-state index contributed by atoms with van der Waals surface area (Å²) in [6, 6.07) is 2.84. The summed E-state index contributed by atoms with van der Waals surface area (Å²) >= 11 is 0. The van der Waals surface area contributed by atoms with Gasteiger partial charge in [0.1, 0.15) is 17.1 Å². The number of nitrogens with one attached hydrogen (secondary N) is 1. The maximum Gasteiger partial charge on any atom is 0.495 e. The molecule has 1 N–H and O–H groups in total. The van der Waals surface area contributed by atoms with Gasteiger partial charge in [-0.15, -0.1) is 0 Å². The third-order valence-corrected chi connectivity index (χ3v) is 4.39. The van der Waals surface area contributed by atoms with Crippen molar-refractivity contribution in [2.24, 2.45) is 0 Å². The molecule has 126 valence electrons. The zero-order valence-corrected chi connectivity index (χ0v) is 14.5. The Kier molecular flexibility index (Phi) is 4.73. The Morgan fingerprint density at radius 3 is 2.30 bits per heavy atom. The summed E-state index contributed by atoms with van der Waals surface area (Å²) in [4.78, 5) is 12.0. The monoisotopic (exact) mass is 323 g/mol. The lowest BCUT2D eigenvalue weighted by molar-refractivity contribution is 0.00578. The first-order valence-electron chi connectivity index (χ1n) is 7.64. The van der Waals surface area contributed by atoms with Gasteiger partial charge in [-0.2, -0.15) is 0 Å². The van der Waals surface area contributed by atoms with Gasteiger partial charge in [-0.1, -0.05) is 0 Å². The van der Waals surface area contributed by atoms with E-state index in [-0.39, 0.29) is 11.3 Å². The number of hydrogen-bond acceptors (Lipinski definition) is 4. The van der Waals surface area contributed by atoms with E-state index in [9.17, 15) is 9.18 Å². The first-order valence-corrected chi connectivity index (χ1v) is 7.64. The molecule has 0 atom stereocenters. The molecule has 1 aromatic carbocycles. The molecule has 1 fully saturated rings. The van der Waals surface area contributed by atoms with Gasteiger partial charge in [0.2, 0.25) is 0 Å². The average molecular weight is 323 g/mol. The molecule has 0 aromatic heterocycles. The van der Waals surface area contributed by atoms with Crippen LogP contribution in [0, 0.1) is 5.82 Å². The summed E-state index contributed by atoms with van der Waals surface area (Å²) < 4.78 is 31.5. The molecule has 1 aromatic rings. The van der Waals surface area contributed by atoms with E-state index >= 15 is 0 Å². The molecule has 0 spiro atoms. The van der Waals surface area contributed by atoms with Crippen molar-refractivity contribution < 1.29 is 23.2 Å². The summed E-state index contributed by atoms with van der Waals surface area (Å²) in [5, 5.41) is 2.57. The van der Waals surface area contributed by atoms with Crippen molar-refractivity contribution in [1.29, 1.82) is 0 Å². The number of carbonyl (C=O) groups excluding carboxylic acids is 1. The molecule has 1 aliphatic rings. The van der Waals surface area contributed by atoms with Crippen LogP contribution in [0.4, 0.5) is 4.39 Å². The van der Waals surface area contributed by atoms with Crippen molar-refractivity contribution in [1.82, 2.24) is 5.32 Å². The van der Waals surface area contributed by atoms with E-state index in [1.165, 1.54) is 13.2 Å². The minimum Gasteiger partial charge on any atom is -0.496 e. The van der Waals surface area contributed by atoms with Crippen molar-refractivity contribution in [3.63, 3.8) is 0 Å². The van der Waals surface area contributed by atoms with Crippen molar-refractivity contribution in [2.75, 3.05) is 13.7 Å². The largest absolute Gasteiger partial charge is 0.496 e. The number of ether oxygens (including phenoxy) is 1. The van der Waals surface area contributed by atoms with Crippen LogP contribution in [-0.2, 0) is 9.31 Å². The lowest BCUT2D eigenvalue weighted by Gasteiger charge is -2.32. The second-order valence-electron chi connectivity index (χ2n) is 6.53. The third kappa shape index (κ3) is 3.21. The van der Waals surface area contributed by atoms with E-state index in [0.717, 1.165) is 0 Å². The van der Waals surface area contributed by atoms with Crippen LogP contribution < -0.4 is 15.5 Å². The summed E-state index contributed by atoms with van der Waals surface area (Å²) in [5.41, 5.74) is -0.695. The normalized spacial score (nSPS) is 18.8. The molecule has 1 saturated heterocycles. The molecule has 1 heterocycles. The average Bonchev–Trinajstić information content (AvgIpc) is 2.66. The summed E-state index contributed by atoms with van der Waals surface area (Å²) in [6.07, 6.45) is 0. The van der Waals surface area contributed by atoms with E-state index in [4.69, 9.17) is 14.0 Å². The molecule has 0 unspecified atom stereocenters. The fourth-order valence-corrected chi connectivity index (χ4v) is 2.35. The Bertz CT molecular complexity index is 602. The van der Waals surface area contributed by atoms with E-state index in [0.29, 0.717) is 12.0 Å². The molecule has 1 aliphatic heterocycles. The second-order valence-corrected chi connectivity index (χ2v) is 6.53. The van der Waals surface area contributed by atoms with Crippen molar-refractivity contribution in [3.8, 4) is 5.75 Å². The lowest BCUT2D eigenvalue weighted by Crippen LogP contribution is -2.41. The highest BCUT2D eigenvalue weighted by molar-refractivity contribution is 6.62. The minimum absolute atomic E-state index is 0.116.